The minimum atomic E-state index is -0.542. The van der Waals surface area contributed by atoms with Crippen LogP contribution >= 0.6 is 0 Å². The Kier molecular flexibility index (Phi) is 4.41. The normalized spacial score (nSPS) is 20.3. The molecule has 1 saturated heterocycles. The van der Waals surface area contributed by atoms with Crippen molar-refractivity contribution in [2.24, 2.45) is 5.92 Å². The van der Waals surface area contributed by atoms with E-state index in [1.807, 2.05) is 12.1 Å². The number of aliphatic hydroxyl groups excluding tert-OH is 2. The maximum absolute atomic E-state index is 9.85. The molecule has 4 nitrogen and oxygen atoms in total. The molecule has 2 atom stereocenters. The van der Waals surface area contributed by atoms with Gasteiger partial charge in [-0.25, -0.2) is 0 Å². The first-order valence-electron chi connectivity index (χ1n) is 6.73. The van der Waals surface area contributed by atoms with E-state index < -0.39 is 6.10 Å². The molecular formula is C15H20N2O2. The Bertz CT molecular complexity index is 480. The second-order valence-electron chi connectivity index (χ2n) is 5.17. The summed E-state index contributed by atoms with van der Waals surface area (Å²) >= 11 is 0. The number of anilines is 1. The average molecular weight is 260 g/mol. The van der Waals surface area contributed by atoms with Crippen LogP contribution < -0.4 is 4.90 Å². The highest BCUT2D eigenvalue weighted by Gasteiger charge is 2.24. The highest BCUT2D eigenvalue weighted by Crippen LogP contribution is 2.32. The molecule has 0 aliphatic carbocycles. The predicted molar refractivity (Wildman–Crippen MR) is 73.8 cm³/mol. The Balaban J connectivity index is 2.25. The zero-order chi connectivity index (χ0) is 13.8. The Morgan fingerprint density at radius 1 is 1.53 bits per heavy atom. The lowest BCUT2D eigenvalue weighted by molar-refractivity contribution is 0.199. The molecule has 0 bridgehead atoms. The summed E-state index contributed by atoms with van der Waals surface area (Å²) in [6, 6.07) is 7.57. The van der Waals surface area contributed by atoms with Gasteiger partial charge in [0.2, 0.25) is 0 Å². The summed E-state index contributed by atoms with van der Waals surface area (Å²) in [4.78, 5) is 2.21. The number of hydrogen-bond acceptors (Lipinski definition) is 4. The first-order valence-corrected chi connectivity index (χ1v) is 6.73. The van der Waals surface area contributed by atoms with Crippen LogP contribution in [0.5, 0.6) is 0 Å². The Morgan fingerprint density at radius 2 is 2.32 bits per heavy atom. The van der Waals surface area contributed by atoms with Crippen LogP contribution in [0.2, 0.25) is 0 Å². The molecule has 0 spiro atoms. The summed E-state index contributed by atoms with van der Waals surface area (Å²) in [6.07, 6.45) is 1.33. The van der Waals surface area contributed by atoms with Crippen LogP contribution in [0.1, 0.15) is 37.0 Å². The molecule has 1 aromatic carbocycles. The summed E-state index contributed by atoms with van der Waals surface area (Å²) in [5.74, 6) is 0.498. The lowest BCUT2D eigenvalue weighted by atomic mass is 10.0. The fourth-order valence-corrected chi connectivity index (χ4v) is 2.71. The SMILES string of the molecule is C[C@H](O)c1ccc(C#N)cc1N1CCC(CCO)C1. The van der Waals surface area contributed by atoms with E-state index in [2.05, 4.69) is 11.0 Å². The van der Waals surface area contributed by atoms with E-state index >= 15 is 0 Å². The molecule has 0 aromatic heterocycles. The van der Waals surface area contributed by atoms with Gasteiger partial charge in [0.25, 0.3) is 0 Å². The predicted octanol–water partition coefficient (Wildman–Crippen LogP) is 1.82. The second kappa shape index (κ2) is 6.05. The largest absolute Gasteiger partial charge is 0.396 e. The smallest absolute Gasteiger partial charge is 0.0992 e. The van der Waals surface area contributed by atoms with Gasteiger partial charge >= 0.3 is 0 Å². The molecule has 102 valence electrons. The molecule has 0 saturated carbocycles. The van der Waals surface area contributed by atoms with E-state index in [0.29, 0.717) is 11.5 Å². The number of nitrogens with zero attached hydrogens (tertiary/aromatic N) is 2. The van der Waals surface area contributed by atoms with Crippen molar-refractivity contribution in [1.29, 1.82) is 5.26 Å². The van der Waals surface area contributed by atoms with E-state index in [0.717, 1.165) is 37.2 Å². The van der Waals surface area contributed by atoms with Crippen LogP contribution in [0, 0.1) is 17.2 Å². The molecule has 1 heterocycles. The summed E-state index contributed by atoms with van der Waals surface area (Å²) < 4.78 is 0. The molecule has 2 N–H and O–H groups in total. The van der Waals surface area contributed by atoms with Crippen molar-refractivity contribution in [2.75, 3.05) is 24.6 Å². The summed E-state index contributed by atoms with van der Waals surface area (Å²) in [7, 11) is 0. The van der Waals surface area contributed by atoms with Crippen molar-refractivity contribution < 1.29 is 10.2 Å². The van der Waals surface area contributed by atoms with E-state index in [1.165, 1.54) is 0 Å². The van der Waals surface area contributed by atoms with Gasteiger partial charge in [0.15, 0.2) is 0 Å². The summed E-state index contributed by atoms with van der Waals surface area (Å²) in [5.41, 5.74) is 2.43. The quantitative estimate of drug-likeness (QED) is 0.866. The van der Waals surface area contributed by atoms with Crippen LogP contribution in [-0.4, -0.2) is 29.9 Å². The lowest BCUT2D eigenvalue weighted by Crippen LogP contribution is -2.22. The van der Waals surface area contributed by atoms with Gasteiger partial charge in [-0.3, -0.25) is 0 Å². The first kappa shape index (κ1) is 13.9. The average Bonchev–Trinajstić information content (AvgIpc) is 2.87. The molecule has 1 aliphatic rings. The fourth-order valence-electron chi connectivity index (χ4n) is 2.71. The van der Waals surface area contributed by atoms with Crippen LogP contribution in [0.25, 0.3) is 0 Å². The maximum Gasteiger partial charge on any atom is 0.0992 e. The van der Waals surface area contributed by atoms with Gasteiger partial charge in [-0.05, 0) is 37.8 Å². The van der Waals surface area contributed by atoms with Gasteiger partial charge in [-0.1, -0.05) is 6.07 Å². The molecule has 0 radical (unpaired) electrons. The third kappa shape index (κ3) is 3.06. The number of nitriles is 1. The second-order valence-corrected chi connectivity index (χ2v) is 5.17. The third-order valence-electron chi connectivity index (χ3n) is 3.77. The van der Waals surface area contributed by atoms with Crippen molar-refractivity contribution >= 4 is 5.69 Å². The van der Waals surface area contributed by atoms with E-state index in [4.69, 9.17) is 10.4 Å². The molecular weight excluding hydrogens is 240 g/mol. The molecule has 1 aromatic rings. The highest BCUT2D eigenvalue weighted by atomic mass is 16.3. The monoisotopic (exact) mass is 260 g/mol. The van der Waals surface area contributed by atoms with Gasteiger partial charge in [-0.15, -0.1) is 0 Å². The van der Waals surface area contributed by atoms with Crippen LogP contribution in [0.3, 0.4) is 0 Å². The molecule has 0 amide bonds. The first-order chi connectivity index (χ1) is 9.15. The third-order valence-corrected chi connectivity index (χ3v) is 3.77. The summed E-state index contributed by atoms with van der Waals surface area (Å²) in [5, 5.41) is 27.9. The molecule has 2 rings (SSSR count). The number of hydrogen-bond donors (Lipinski definition) is 2. The Labute approximate surface area is 113 Å². The molecule has 19 heavy (non-hydrogen) atoms. The van der Waals surface area contributed by atoms with Gasteiger partial charge in [-0.2, -0.15) is 5.26 Å². The van der Waals surface area contributed by atoms with E-state index in [9.17, 15) is 5.11 Å². The lowest BCUT2D eigenvalue weighted by Gasteiger charge is -2.23. The highest BCUT2D eigenvalue weighted by molar-refractivity contribution is 5.59. The van der Waals surface area contributed by atoms with Crippen molar-refractivity contribution in [3.63, 3.8) is 0 Å². The maximum atomic E-state index is 9.85. The van der Waals surface area contributed by atoms with E-state index in [-0.39, 0.29) is 6.61 Å². The van der Waals surface area contributed by atoms with Crippen molar-refractivity contribution in [1.82, 2.24) is 0 Å². The molecule has 1 aliphatic heterocycles. The minimum Gasteiger partial charge on any atom is -0.396 e. The fraction of sp³-hybridized carbons (Fsp3) is 0.533. The van der Waals surface area contributed by atoms with Gasteiger partial charge in [0, 0.05) is 30.9 Å². The number of aliphatic hydroxyl groups is 2. The van der Waals surface area contributed by atoms with Gasteiger partial charge in [0.1, 0.15) is 0 Å². The topological polar surface area (TPSA) is 67.5 Å². The van der Waals surface area contributed by atoms with Gasteiger partial charge in [0.05, 0.1) is 17.7 Å². The number of benzene rings is 1. The van der Waals surface area contributed by atoms with Crippen molar-refractivity contribution in [3.8, 4) is 6.07 Å². The zero-order valence-electron chi connectivity index (χ0n) is 11.2. The Hall–Kier alpha value is -1.57. The summed E-state index contributed by atoms with van der Waals surface area (Å²) in [6.45, 7) is 3.76. The van der Waals surface area contributed by atoms with Crippen LogP contribution in [0.15, 0.2) is 18.2 Å². The van der Waals surface area contributed by atoms with Gasteiger partial charge < -0.3 is 15.1 Å². The van der Waals surface area contributed by atoms with Crippen molar-refractivity contribution in [3.05, 3.63) is 29.3 Å². The number of rotatable bonds is 4. The van der Waals surface area contributed by atoms with Crippen molar-refractivity contribution in [2.45, 2.75) is 25.9 Å². The Morgan fingerprint density at radius 3 is 2.95 bits per heavy atom. The van der Waals surface area contributed by atoms with E-state index in [1.54, 1.807) is 13.0 Å². The molecule has 1 fully saturated rings. The van der Waals surface area contributed by atoms with Crippen LogP contribution in [0.4, 0.5) is 5.69 Å². The van der Waals surface area contributed by atoms with Crippen LogP contribution in [-0.2, 0) is 0 Å². The zero-order valence-corrected chi connectivity index (χ0v) is 11.2. The minimum absolute atomic E-state index is 0.222. The standard InChI is InChI=1S/C15H20N2O2/c1-11(19)14-3-2-13(9-16)8-15(14)17-6-4-12(10-17)5-7-18/h2-3,8,11-12,18-19H,4-7,10H2,1H3/t11-,12?/m0/s1. The molecule has 1 unspecified atom stereocenters. The molecule has 4 heteroatoms.